The van der Waals surface area contributed by atoms with Crippen molar-refractivity contribution in [3.8, 4) is 11.5 Å². The molecule has 0 bridgehead atoms. The van der Waals surface area contributed by atoms with Crippen molar-refractivity contribution in [3.05, 3.63) is 59.2 Å². The molecule has 1 aliphatic rings. The molecule has 0 aliphatic carbocycles. The lowest BCUT2D eigenvalue weighted by atomic mass is 10.0. The Kier molecular flexibility index (Phi) is 5.78. The third kappa shape index (κ3) is 3.83. The van der Waals surface area contributed by atoms with Gasteiger partial charge >= 0.3 is 5.97 Å². The maximum absolute atomic E-state index is 11.8. The number of carbonyl (C=O) groups excluding carboxylic acids is 1. The van der Waals surface area contributed by atoms with Gasteiger partial charge < -0.3 is 14.2 Å². The summed E-state index contributed by atoms with van der Waals surface area (Å²) in [4.78, 5) is 14.2. The first-order valence-electron chi connectivity index (χ1n) is 8.79. The molecule has 5 nitrogen and oxygen atoms in total. The Morgan fingerprint density at radius 3 is 2.69 bits per heavy atom. The van der Waals surface area contributed by atoms with Crippen LogP contribution in [-0.4, -0.2) is 38.7 Å². The van der Waals surface area contributed by atoms with Crippen LogP contribution in [0.4, 0.5) is 0 Å². The number of nitrogens with zero attached hydrogens (tertiary/aromatic N) is 1. The Bertz CT molecular complexity index is 774. The Morgan fingerprint density at radius 1 is 1.12 bits per heavy atom. The van der Waals surface area contributed by atoms with Gasteiger partial charge in [-0.1, -0.05) is 12.1 Å². The fourth-order valence-corrected chi connectivity index (χ4v) is 3.62. The van der Waals surface area contributed by atoms with E-state index in [1.807, 2.05) is 30.3 Å². The summed E-state index contributed by atoms with van der Waals surface area (Å²) in [5.41, 5.74) is 2.83. The minimum Gasteiger partial charge on any atom is -0.497 e. The van der Waals surface area contributed by atoms with E-state index in [1.165, 1.54) is 7.11 Å². The first-order chi connectivity index (χ1) is 12.7. The molecule has 0 aromatic heterocycles. The van der Waals surface area contributed by atoms with Gasteiger partial charge in [0.2, 0.25) is 0 Å². The van der Waals surface area contributed by atoms with Crippen LogP contribution >= 0.6 is 0 Å². The molecule has 0 radical (unpaired) electrons. The molecule has 3 rings (SSSR count). The molecular weight excluding hydrogens is 330 g/mol. The first-order valence-corrected chi connectivity index (χ1v) is 8.79. The summed E-state index contributed by atoms with van der Waals surface area (Å²) in [7, 11) is 4.78. The predicted octanol–water partition coefficient (Wildman–Crippen LogP) is 3.83. The van der Waals surface area contributed by atoms with Crippen molar-refractivity contribution in [2.75, 3.05) is 27.9 Å². The van der Waals surface area contributed by atoms with Crippen LogP contribution < -0.4 is 9.47 Å². The van der Waals surface area contributed by atoms with E-state index in [4.69, 9.17) is 14.2 Å². The SMILES string of the molecule is COC(=O)c1cccc(CN2CCCC2c2cc(OC)ccc2OC)c1. The number of ether oxygens (including phenoxy) is 3. The summed E-state index contributed by atoms with van der Waals surface area (Å²) in [5.74, 6) is 1.41. The Labute approximate surface area is 154 Å². The van der Waals surface area contributed by atoms with Crippen LogP contribution in [-0.2, 0) is 11.3 Å². The Balaban J connectivity index is 1.84. The minimum atomic E-state index is -0.306. The van der Waals surface area contributed by atoms with Gasteiger partial charge in [0.1, 0.15) is 11.5 Å². The van der Waals surface area contributed by atoms with Crippen molar-refractivity contribution in [2.24, 2.45) is 0 Å². The number of hydrogen-bond donors (Lipinski definition) is 0. The lowest BCUT2D eigenvalue weighted by Gasteiger charge is -2.26. The molecule has 1 heterocycles. The molecule has 1 saturated heterocycles. The molecule has 2 aromatic rings. The number of rotatable bonds is 6. The van der Waals surface area contributed by atoms with Crippen LogP contribution in [0.1, 0.15) is 40.4 Å². The molecule has 2 aromatic carbocycles. The average Bonchev–Trinajstić information content (AvgIpc) is 3.14. The Morgan fingerprint density at radius 2 is 1.96 bits per heavy atom. The molecule has 1 unspecified atom stereocenters. The van der Waals surface area contributed by atoms with E-state index in [0.29, 0.717) is 5.56 Å². The summed E-state index contributed by atoms with van der Waals surface area (Å²) >= 11 is 0. The second-order valence-corrected chi connectivity index (χ2v) is 6.43. The monoisotopic (exact) mass is 355 g/mol. The molecular formula is C21H25NO4. The molecule has 0 spiro atoms. The quantitative estimate of drug-likeness (QED) is 0.737. The first kappa shape index (κ1) is 18.3. The van der Waals surface area contributed by atoms with E-state index >= 15 is 0 Å². The molecule has 1 aliphatic heterocycles. The van der Waals surface area contributed by atoms with Crippen LogP contribution in [0, 0.1) is 0 Å². The third-order valence-electron chi connectivity index (χ3n) is 4.89. The molecule has 1 fully saturated rings. The summed E-state index contributed by atoms with van der Waals surface area (Å²) in [6.07, 6.45) is 2.20. The van der Waals surface area contributed by atoms with E-state index in [-0.39, 0.29) is 12.0 Å². The molecule has 0 saturated carbocycles. The van der Waals surface area contributed by atoms with Gasteiger partial charge in [0.15, 0.2) is 0 Å². The fraction of sp³-hybridized carbons (Fsp3) is 0.381. The van der Waals surface area contributed by atoms with Crippen molar-refractivity contribution in [1.82, 2.24) is 4.90 Å². The fourth-order valence-electron chi connectivity index (χ4n) is 3.62. The van der Waals surface area contributed by atoms with Gasteiger partial charge in [-0.2, -0.15) is 0 Å². The highest BCUT2D eigenvalue weighted by Gasteiger charge is 2.28. The Hall–Kier alpha value is -2.53. The standard InChI is InChI=1S/C21H25NO4/c1-24-17-9-10-20(25-2)18(13-17)19-8-5-11-22(19)14-15-6-4-7-16(12-15)21(23)26-3/h4,6-7,9-10,12-13,19H,5,8,11,14H2,1-3H3. The van der Waals surface area contributed by atoms with Gasteiger partial charge in [-0.05, 0) is 55.3 Å². The van der Waals surface area contributed by atoms with Crippen LogP contribution in [0.25, 0.3) is 0 Å². The van der Waals surface area contributed by atoms with Gasteiger partial charge in [-0.3, -0.25) is 4.90 Å². The van der Waals surface area contributed by atoms with Gasteiger partial charge in [0.25, 0.3) is 0 Å². The van der Waals surface area contributed by atoms with Crippen LogP contribution in [0.2, 0.25) is 0 Å². The van der Waals surface area contributed by atoms with Gasteiger partial charge in [-0.15, -0.1) is 0 Å². The third-order valence-corrected chi connectivity index (χ3v) is 4.89. The topological polar surface area (TPSA) is 48.0 Å². The highest BCUT2D eigenvalue weighted by molar-refractivity contribution is 5.89. The zero-order chi connectivity index (χ0) is 18.5. The van der Waals surface area contributed by atoms with Crippen LogP contribution in [0.5, 0.6) is 11.5 Å². The number of likely N-dealkylation sites (tertiary alicyclic amines) is 1. The zero-order valence-corrected chi connectivity index (χ0v) is 15.5. The summed E-state index contributed by atoms with van der Waals surface area (Å²) in [6.45, 7) is 1.78. The van der Waals surface area contributed by atoms with Crippen LogP contribution in [0.15, 0.2) is 42.5 Å². The van der Waals surface area contributed by atoms with E-state index < -0.39 is 0 Å². The van der Waals surface area contributed by atoms with Crippen LogP contribution in [0.3, 0.4) is 0 Å². The number of esters is 1. The van der Waals surface area contributed by atoms with Gasteiger partial charge in [0.05, 0.1) is 26.9 Å². The lowest BCUT2D eigenvalue weighted by molar-refractivity contribution is 0.0600. The molecule has 0 N–H and O–H groups in total. The van der Waals surface area contributed by atoms with Crippen molar-refractivity contribution in [1.29, 1.82) is 0 Å². The van der Waals surface area contributed by atoms with Gasteiger partial charge in [0, 0.05) is 18.2 Å². The van der Waals surface area contributed by atoms with E-state index in [9.17, 15) is 4.79 Å². The molecule has 1 atom stereocenters. The number of methoxy groups -OCH3 is 3. The van der Waals surface area contributed by atoms with E-state index in [2.05, 4.69) is 11.0 Å². The van der Waals surface area contributed by atoms with Crippen molar-refractivity contribution in [3.63, 3.8) is 0 Å². The number of carbonyl (C=O) groups is 1. The highest BCUT2D eigenvalue weighted by Crippen LogP contribution is 2.39. The second-order valence-electron chi connectivity index (χ2n) is 6.43. The van der Waals surface area contributed by atoms with Gasteiger partial charge in [-0.25, -0.2) is 4.79 Å². The summed E-state index contributed by atoms with van der Waals surface area (Å²) < 4.78 is 15.8. The van der Waals surface area contributed by atoms with Crippen molar-refractivity contribution in [2.45, 2.75) is 25.4 Å². The minimum absolute atomic E-state index is 0.266. The normalized spacial score (nSPS) is 17.1. The maximum Gasteiger partial charge on any atom is 0.337 e. The molecule has 26 heavy (non-hydrogen) atoms. The summed E-state index contributed by atoms with van der Waals surface area (Å²) in [6, 6.07) is 13.8. The van der Waals surface area contributed by atoms with Crippen molar-refractivity contribution >= 4 is 5.97 Å². The highest BCUT2D eigenvalue weighted by atomic mass is 16.5. The smallest absolute Gasteiger partial charge is 0.337 e. The summed E-state index contributed by atoms with van der Waals surface area (Å²) in [5, 5.41) is 0. The predicted molar refractivity (Wildman–Crippen MR) is 99.7 cm³/mol. The number of benzene rings is 2. The maximum atomic E-state index is 11.8. The lowest BCUT2D eigenvalue weighted by Crippen LogP contribution is -2.23. The van der Waals surface area contributed by atoms with E-state index in [1.54, 1.807) is 20.3 Å². The molecule has 138 valence electrons. The number of hydrogen-bond acceptors (Lipinski definition) is 5. The average molecular weight is 355 g/mol. The zero-order valence-electron chi connectivity index (χ0n) is 15.5. The van der Waals surface area contributed by atoms with E-state index in [0.717, 1.165) is 48.6 Å². The van der Waals surface area contributed by atoms with Crippen molar-refractivity contribution < 1.29 is 19.0 Å². The largest absolute Gasteiger partial charge is 0.497 e. The second kappa shape index (κ2) is 8.23. The molecule has 0 amide bonds. The molecule has 5 heteroatoms.